The first-order valence-electron chi connectivity index (χ1n) is 5.26. The molecule has 1 amide bonds. The summed E-state index contributed by atoms with van der Waals surface area (Å²) >= 11 is 11.6. The molecule has 0 N–H and O–H groups in total. The lowest BCUT2D eigenvalue weighted by molar-refractivity contribution is -0.114. The summed E-state index contributed by atoms with van der Waals surface area (Å²) in [5.41, 5.74) is 1.01. The summed E-state index contributed by atoms with van der Waals surface area (Å²) in [4.78, 5) is 25.0. The summed E-state index contributed by atoms with van der Waals surface area (Å²) in [5, 5.41) is 0.509. The molecule has 3 nitrogen and oxygen atoms in total. The molecule has 1 heterocycles. The van der Waals surface area contributed by atoms with Gasteiger partial charge in [0.15, 0.2) is 0 Å². The maximum absolute atomic E-state index is 11.8. The summed E-state index contributed by atoms with van der Waals surface area (Å²) in [6.45, 7) is 2.36. The van der Waals surface area contributed by atoms with E-state index in [-0.39, 0.29) is 5.92 Å². The predicted molar refractivity (Wildman–Crippen MR) is 68.0 cm³/mol. The molecule has 0 radical (unpaired) electrons. The van der Waals surface area contributed by atoms with Crippen LogP contribution in [0, 0.1) is 5.92 Å². The number of anilines is 1. The maximum Gasteiger partial charge on any atom is 0.299 e. The monoisotopic (exact) mass is 271 g/mol. The number of alkyl halides is 1. The summed E-state index contributed by atoms with van der Waals surface area (Å²) in [5.74, 6) is -0.413. The minimum Gasteiger partial charge on any atom is -0.304 e. The van der Waals surface area contributed by atoms with Crippen molar-refractivity contribution in [2.45, 2.75) is 6.92 Å². The molecule has 1 aliphatic rings. The predicted octanol–water partition coefficient (Wildman–Crippen LogP) is 2.74. The molecule has 2 rings (SSSR count). The van der Waals surface area contributed by atoms with Crippen LogP contribution in [0.2, 0.25) is 5.02 Å². The lowest BCUT2D eigenvalue weighted by atomic mass is 10.1. The molecule has 0 aliphatic carbocycles. The summed E-state index contributed by atoms with van der Waals surface area (Å²) in [6.07, 6.45) is 0. The molecule has 1 aliphatic heterocycles. The Balaban J connectivity index is 2.39. The molecular weight excluding hydrogens is 261 g/mol. The fourth-order valence-corrected chi connectivity index (χ4v) is 2.07. The Hall–Kier alpha value is -1.06. The van der Waals surface area contributed by atoms with Gasteiger partial charge in [0.2, 0.25) is 0 Å². The summed E-state index contributed by atoms with van der Waals surface area (Å²) in [7, 11) is 0. The third-order valence-corrected chi connectivity index (χ3v) is 3.45. The zero-order valence-corrected chi connectivity index (χ0v) is 10.8. The van der Waals surface area contributed by atoms with E-state index in [1.807, 2.05) is 6.92 Å². The number of carbonyl (C=O) groups is 2. The number of rotatable bonds is 3. The highest BCUT2D eigenvalue weighted by Gasteiger charge is 2.36. The second-order valence-corrected chi connectivity index (χ2v) is 4.91. The molecule has 0 fully saturated rings. The highest BCUT2D eigenvalue weighted by atomic mass is 35.5. The standard InChI is InChI=1S/C12H11Cl2NO2/c1-7(5-13)6-15-10-4-8(14)2-3-9(10)11(16)12(15)17/h2-4,7H,5-6H2,1H3. The fourth-order valence-electron chi connectivity index (χ4n) is 1.81. The fraction of sp³-hybridized carbons (Fsp3) is 0.333. The quantitative estimate of drug-likeness (QED) is 0.626. The van der Waals surface area contributed by atoms with E-state index in [1.54, 1.807) is 18.2 Å². The van der Waals surface area contributed by atoms with Crippen molar-refractivity contribution in [2.24, 2.45) is 5.92 Å². The maximum atomic E-state index is 11.8. The molecule has 5 heteroatoms. The number of benzene rings is 1. The van der Waals surface area contributed by atoms with E-state index in [0.717, 1.165) is 0 Å². The van der Waals surface area contributed by atoms with Gasteiger partial charge in [-0.3, -0.25) is 9.59 Å². The highest BCUT2D eigenvalue weighted by molar-refractivity contribution is 6.52. The van der Waals surface area contributed by atoms with Gasteiger partial charge in [0.25, 0.3) is 11.7 Å². The van der Waals surface area contributed by atoms with Crippen LogP contribution in [0.1, 0.15) is 17.3 Å². The number of hydrogen-bond acceptors (Lipinski definition) is 2. The van der Waals surface area contributed by atoms with E-state index < -0.39 is 11.7 Å². The van der Waals surface area contributed by atoms with Crippen LogP contribution in [0.5, 0.6) is 0 Å². The van der Waals surface area contributed by atoms with Crippen LogP contribution in [0.25, 0.3) is 0 Å². The van der Waals surface area contributed by atoms with Crippen LogP contribution in [0.3, 0.4) is 0 Å². The number of ketones is 1. The van der Waals surface area contributed by atoms with Crippen LogP contribution < -0.4 is 4.90 Å². The van der Waals surface area contributed by atoms with E-state index in [9.17, 15) is 9.59 Å². The zero-order valence-electron chi connectivity index (χ0n) is 9.24. The zero-order chi connectivity index (χ0) is 12.6. The first-order valence-corrected chi connectivity index (χ1v) is 6.17. The van der Waals surface area contributed by atoms with Crippen LogP contribution in [0.15, 0.2) is 18.2 Å². The van der Waals surface area contributed by atoms with Crippen LogP contribution >= 0.6 is 23.2 Å². The number of Topliss-reactive ketones (excluding diaryl/α,β-unsaturated/α-hetero) is 1. The van der Waals surface area contributed by atoms with Crippen molar-refractivity contribution in [3.05, 3.63) is 28.8 Å². The second-order valence-electron chi connectivity index (χ2n) is 4.17. The molecule has 0 saturated carbocycles. The van der Waals surface area contributed by atoms with Gasteiger partial charge >= 0.3 is 0 Å². The number of hydrogen-bond donors (Lipinski definition) is 0. The van der Waals surface area contributed by atoms with Crippen LogP contribution in [-0.4, -0.2) is 24.1 Å². The Bertz CT molecular complexity index is 487. The minimum absolute atomic E-state index is 0.123. The molecule has 90 valence electrons. The van der Waals surface area contributed by atoms with Crippen LogP contribution in [-0.2, 0) is 4.79 Å². The minimum atomic E-state index is -0.501. The van der Waals surface area contributed by atoms with Gasteiger partial charge in [0.1, 0.15) is 0 Å². The molecule has 0 spiro atoms. The number of carbonyl (C=O) groups excluding carboxylic acids is 2. The smallest absolute Gasteiger partial charge is 0.299 e. The van der Waals surface area contributed by atoms with Gasteiger partial charge in [-0.2, -0.15) is 0 Å². The third-order valence-electron chi connectivity index (χ3n) is 2.69. The SMILES string of the molecule is CC(CCl)CN1C(=O)C(=O)c2ccc(Cl)cc21. The van der Waals surface area contributed by atoms with Crippen molar-refractivity contribution >= 4 is 40.6 Å². The molecule has 1 unspecified atom stereocenters. The normalized spacial score (nSPS) is 16.3. The Morgan fingerprint density at radius 2 is 2.06 bits per heavy atom. The molecule has 17 heavy (non-hydrogen) atoms. The van der Waals surface area contributed by atoms with Crippen molar-refractivity contribution in [2.75, 3.05) is 17.3 Å². The van der Waals surface area contributed by atoms with Gasteiger partial charge in [-0.25, -0.2) is 0 Å². The molecule has 1 atom stereocenters. The van der Waals surface area contributed by atoms with E-state index in [1.165, 1.54) is 4.90 Å². The second kappa shape index (κ2) is 4.67. The number of amides is 1. The van der Waals surface area contributed by atoms with E-state index in [0.29, 0.717) is 28.7 Å². The van der Waals surface area contributed by atoms with Gasteiger partial charge in [-0.1, -0.05) is 18.5 Å². The van der Waals surface area contributed by atoms with Gasteiger partial charge in [0, 0.05) is 17.4 Å². The molecule has 0 saturated heterocycles. The number of fused-ring (bicyclic) bond motifs is 1. The van der Waals surface area contributed by atoms with Crippen LogP contribution in [0.4, 0.5) is 5.69 Å². The molecular formula is C12H11Cl2NO2. The van der Waals surface area contributed by atoms with E-state index >= 15 is 0 Å². The van der Waals surface area contributed by atoms with Crippen molar-refractivity contribution in [3.8, 4) is 0 Å². The lowest BCUT2D eigenvalue weighted by Gasteiger charge is -2.19. The Morgan fingerprint density at radius 3 is 2.71 bits per heavy atom. The largest absolute Gasteiger partial charge is 0.304 e. The topological polar surface area (TPSA) is 37.4 Å². The lowest BCUT2D eigenvalue weighted by Crippen LogP contribution is -2.34. The van der Waals surface area contributed by atoms with Gasteiger partial charge < -0.3 is 4.90 Å². The Labute approximate surface area is 109 Å². The number of nitrogens with zero attached hydrogens (tertiary/aromatic N) is 1. The summed E-state index contributed by atoms with van der Waals surface area (Å²) in [6, 6.07) is 4.84. The summed E-state index contributed by atoms with van der Waals surface area (Å²) < 4.78 is 0. The van der Waals surface area contributed by atoms with Gasteiger partial charge in [-0.05, 0) is 24.1 Å². The molecule has 1 aromatic carbocycles. The van der Waals surface area contributed by atoms with Crippen molar-refractivity contribution in [1.29, 1.82) is 0 Å². The average molecular weight is 272 g/mol. The Kier molecular flexibility index (Phi) is 3.40. The first kappa shape index (κ1) is 12.4. The highest BCUT2D eigenvalue weighted by Crippen LogP contribution is 2.32. The van der Waals surface area contributed by atoms with Crippen molar-refractivity contribution < 1.29 is 9.59 Å². The van der Waals surface area contributed by atoms with Crippen molar-refractivity contribution in [1.82, 2.24) is 0 Å². The van der Waals surface area contributed by atoms with Crippen molar-refractivity contribution in [3.63, 3.8) is 0 Å². The first-order chi connectivity index (χ1) is 8.04. The Morgan fingerprint density at radius 1 is 1.35 bits per heavy atom. The third kappa shape index (κ3) is 2.17. The average Bonchev–Trinajstić information content (AvgIpc) is 2.54. The van der Waals surface area contributed by atoms with E-state index in [4.69, 9.17) is 23.2 Å². The molecule has 0 bridgehead atoms. The van der Waals surface area contributed by atoms with Gasteiger partial charge in [-0.15, -0.1) is 11.6 Å². The van der Waals surface area contributed by atoms with E-state index in [2.05, 4.69) is 0 Å². The van der Waals surface area contributed by atoms with Gasteiger partial charge in [0.05, 0.1) is 11.3 Å². The molecule has 1 aromatic rings. The molecule has 0 aromatic heterocycles. The number of halogens is 2.